The van der Waals surface area contributed by atoms with Crippen LogP contribution in [0.15, 0.2) is 97.2 Å². The molecule has 0 bridgehead atoms. The van der Waals surface area contributed by atoms with Gasteiger partial charge in [-0.1, -0.05) is 77.4 Å². The second-order valence-corrected chi connectivity index (χ2v) is 14.3. The van der Waals surface area contributed by atoms with E-state index in [1.54, 1.807) is 0 Å². The van der Waals surface area contributed by atoms with E-state index in [-0.39, 0.29) is 0 Å². The Morgan fingerprint density at radius 1 is 0.680 bits per heavy atom. The van der Waals surface area contributed by atoms with Gasteiger partial charge in [-0.25, -0.2) is 9.67 Å². The SMILES string of the molecule is CCCCc1c(-c2c(C)cccc2C)c(C)nn1-c1cc(Oc2ccc3c4ccccc4n(-c4cc(C(C)C)ccn4)c3c2)cc(C(C)C)c1. The molecule has 0 fully saturated rings. The molecule has 0 aliphatic heterocycles. The van der Waals surface area contributed by atoms with Crippen molar-refractivity contribution in [2.75, 3.05) is 0 Å². The molecule has 0 atom stereocenters. The van der Waals surface area contributed by atoms with Crippen LogP contribution < -0.4 is 4.74 Å². The predicted octanol–water partition coefficient (Wildman–Crippen LogP) is 12.3. The number of benzene rings is 4. The van der Waals surface area contributed by atoms with Crippen LogP contribution in [0, 0.1) is 20.8 Å². The highest BCUT2D eigenvalue weighted by molar-refractivity contribution is 6.09. The molecule has 7 aromatic rings. The van der Waals surface area contributed by atoms with Gasteiger partial charge in [-0.15, -0.1) is 0 Å². The lowest BCUT2D eigenvalue weighted by Gasteiger charge is -2.17. The average molecular weight is 661 g/mol. The molecule has 7 rings (SSSR count). The fourth-order valence-electron chi connectivity index (χ4n) is 7.33. The molecule has 4 aromatic carbocycles. The van der Waals surface area contributed by atoms with Gasteiger partial charge in [0.15, 0.2) is 0 Å². The Labute approximate surface area is 296 Å². The van der Waals surface area contributed by atoms with Crippen LogP contribution in [0.5, 0.6) is 11.5 Å². The van der Waals surface area contributed by atoms with Crippen LogP contribution in [-0.4, -0.2) is 19.3 Å². The van der Waals surface area contributed by atoms with Crippen molar-refractivity contribution in [1.82, 2.24) is 19.3 Å². The number of ether oxygens (including phenoxy) is 1. The summed E-state index contributed by atoms with van der Waals surface area (Å²) in [5.74, 6) is 3.22. The Morgan fingerprint density at radius 3 is 2.16 bits per heavy atom. The zero-order valence-electron chi connectivity index (χ0n) is 30.7. The lowest BCUT2D eigenvalue weighted by atomic mass is 9.92. The third kappa shape index (κ3) is 6.10. The maximum absolute atomic E-state index is 6.79. The van der Waals surface area contributed by atoms with Crippen LogP contribution in [0.1, 0.15) is 92.9 Å². The summed E-state index contributed by atoms with van der Waals surface area (Å²) in [5.41, 5.74) is 13.2. The molecule has 3 heterocycles. The summed E-state index contributed by atoms with van der Waals surface area (Å²) in [7, 11) is 0. The number of hydrogen-bond acceptors (Lipinski definition) is 3. The van der Waals surface area contributed by atoms with Crippen molar-refractivity contribution in [1.29, 1.82) is 0 Å². The van der Waals surface area contributed by atoms with Gasteiger partial charge in [0, 0.05) is 34.7 Å². The van der Waals surface area contributed by atoms with Crippen molar-refractivity contribution in [3.63, 3.8) is 0 Å². The number of para-hydroxylation sites is 1. The molecular formula is C45H48N4O. The Kier molecular flexibility index (Phi) is 9.09. The first-order chi connectivity index (χ1) is 24.1. The normalized spacial score (nSPS) is 11.8. The van der Waals surface area contributed by atoms with Crippen molar-refractivity contribution in [2.24, 2.45) is 0 Å². The van der Waals surface area contributed by atoms with Crippen molar-refractivity contribution in [3.05, 3.63) is 131 Å². The minimum absolute atomic E-state index is 0.315. The second kappa shape index (κ2) is 13.6. The predicted molar refractivity (Wildman–Crippen MR) is 209 cm³/mol. The van der Waals surface area contributed by atoms with Gasteiger partial charge in [0.25, 0.3) is 0 Å². The summed E-state index contributed by atoms with van der Waals surface area (Å²) >= 11 is 0. The van der Waals surface area contributed by atoms with Crippen molar-refractivity contribution < 1.29 is 4.74 Å². The molecule has 0 radical (unpaired) electrons. The van der Waals surface area contributed by atoms with Gasteiger partial charge < -0.3 is 4.74 Å². The van der Waals surface area contributed by atoms with Crippen LogP contribution in [-0.2, 0) is 6.42 Å². The Balaban J connectivity index is 1.36. The maximum Gasteiger partial charge on any atom is 0.137 e. The molecule has 50 heavy (non-hydrogen) atoms. The van der Waals surface area contributed by atoms with Gasteiger partial charge in [-0.2, -0.15) is 5.10 Å². The monoisotopic (exact) mass is 660 g/mol. The number of rotatable bonds is 10. The molecule has 0 unspecified atom stereocenters. The number of hydrogen-bond donors (Lipinski definition) is 0. The molecule has 3 aromatic heterocycles. The van der Waals surface area contributed by atoms with Crippen LogP contribution in [0.4, 0.5) is 0 Å². The van der Waals surface area contributed by atoms with E-state index in [9.17, 15) is 0 Å². The third-order valence-electron chi connectivity index (χ3n) is 10.0. The first kappa shape index (κ1) is 33.3. The molecule has 254 valence electrons. The van der Waals surface area contributed by atoms with E-state index in [1.165, 1.54) is 49.8 Å². The fourth-order valence-corrected chi connectivity index (χ4v) is 7.33. The van der Waals surface area contributed by atoms with E-state index in [1.807, 2.05) is 6.20 Å². The Morgan fingerprint density at radius 2 is 1.42 bits per heavy atom. The molecule has 0 aliphatic carbocycles. The van der Waals surface area contributed by atoms with E-state index in [2.05, 4.69) is 156 Å². The first-order valence-corrected chi connectivity index (χ1v) is 18.1. The molecule has 0 saturated carbocycles. The van der Waals surface area contributed by atoms with Gasteiger partial charge in [0.1, 0.15) is 17.3 Å². The molecule has 0 saturated heterocycles. The highest BCUT2D eigenvalue weighted by Gasteiger charge is 2.22. The number of unbranched alkanes of at least 4 members (excludes halogenated alkanes) is 1. The summed E-state index contributed by atoms with van der Waals surface area (Å²) < 4.78 is 11.2. The van der Waals surface area contributed by atoms with Crippen LogP contribution >= 0.6 is 0 Å². The molecule has 5 nitrogen and oxygen atoms in total. The highest BCUT2D eigenvalue weighted by atomic mass is 16.5. The van der Waals surface area contributed by atoms with E-state index < -0.39 is 0 Å². The minimum Gasteiger partial charge on any atom is -0.457 e. The lowest BCUT2D eigenvalue weighted by Crippen LogP contribution is -2.05. The standard InChI is InChI=1S/C45H48N4O/c1-9-10-17-41-45(44-30(6)14-13-15-31(44)7)32(8)47-49(41)35-23-34(29(4)5)24-37(26-35)50-36-19-20-39-38-16-11-12-18-40(38)48(42(39)27-36)43-25-33(28(2)3)21-22-46-43/h11-16,18-29H,9-10,17H2,1-8H3. The summed E-state index contributed by atoms with van der Waals surface area (Å²) in [6.07, 6.45) is 5.09. The zero-order valence-corrected chi connectivity index (χ0v) is 30.7. The Hall–Kier alpha value is -5.16. The van der Waals surface area contributed by atoms with Crippen molar-refractivity contribution >= 4 is 21.8 Å². The highest BCUT2D eigenvalue weighted by Crippen LogP contribution is 2.38. The maximum atomic E-state index is 6.79. The van der Waals surface area contributed by atoms with E-state index in [4.69, 9.17) is 14.8 Å². The Bertz CT molecular complexity index is 2320. The summed E-state index contributed by atoms with van der Waals surface area (Å²) in [6.45, 7) is 17.7. The largest absolute Gasteiger partial charge is 0.457 e. The lowest BCUT2D eigenvalue weighted by molar-refractivity contribution is 0.481. The van der Waals surface area contributed by atoms with E-state index in [0.29, 0.717) is 11.8 Å². The van der Waals surface area contributed by atoms with Crippen molar-refractivity contribution in [2.45, 2.75) is 86.5 Å². The van der Waals surface area contributed by atoms with Crippen LogP contribution in [0.3, 0.4) is 0 Å². The first-order valence-electron chi connectivity index (χ1n) is 18.1. The number of fused-ring (bicyclic) bond motifs is 3. The topological polar surface area (TPSA) is 44.9 Å². The minimum atomic E-state index is 0.315. The summed E-state index contributed by atoms with van der Waals surface area (Å²) in [5, 5.41) is 7.59. The number of nitrogens with zero attached hydrogens (tertiary/aromatic N) is 4. The molecule has 5 heteroatoms. The van der Waals surface area contributed by atoms with E-state index in [0.717, 1.165) is 59.0 Å². The summed E-state index contributed by atoms with van der Waals surface area (Å²) in [6, 6.07) is 32.5. The molecule has 0 aliphatic rings. The smallest absolute Gasteiger partial charge is 0.137 e. The number of aryl methyl sites for hydroxylation is 3. The molecule has 0 spiro atoms. The van der Waals surface area contributed by atoms with E-state index >= 15 is 0 Å². The van der Waals surface area contributed by atoms with Gasteiger partial charge in [0.05, 0.1) is 28.1 Å². The van der Waals surface area contributed by atoms with Gasteiger partial charge in [-0.05, 0) is 116 Å². The van der Waals surface area contributed by atoms with Gasteiger partial charge >= 0.3 is 0 Å². The molecule has 0 N–H and O–H groups in total. The molecule has 0 amide bonds. The molecular weight excluding hydrogens is 613 g/mol. The van der Waals surface area contributed by atoms with Crippen LogP contribution in [0.2, 0.25) is 0 Å². The zero-order chi connectivity index (χ0) is 35.1. The summed E-state index contributed by atoms with van der Waals surface area (Å²) in [4.78, 5) is 4.84. The van der Waals surface area contributed by atoms with Gasteiger partial charge in [0.2, 0.25) is 0 Å². The average Bonchev–Trinajstić information content (AvgIpc) is 3.61. The fraction of sp³-hybridized carbons (Fsp3) is 0.289. The van der Waals surface area contributed by atoms with Crippen molar-refractivity contribution in [3.8, 4) is 34.1 Å². The quantitative estimate of drug-likeness (QED) is 0.147. The van der Waals surface area contributed by atoms with Gasteiger partial charge in [-0.3, -0.25) is 4.57 Å². The van der Waals surface area contributed by atoms with Crippen LogP contribution in [0.25, 0.3) is 44.4 Å². The number of pyridine rings is 1. The number of aromatic nitrogens is 4. The third-order valence-corrected chi connectivity index (χ3v) is 10.0. The second-order valence-electron chi connectivity index (χ2n) is 14.3.